The van der Waals surface area contributed by atoms with Gasteiger partial charge in [0.15, 0.2) is 0 Å². The fourth-order valence-corrected chi connectivity index (χ4v) is 2.45. The number of nitrogens with one attached hydrogen (secondary N) is 1. The zero-order valence-electron chi connectivity index (χ0n) is 19.5. The molecule has 1 aromatic rings. The smallest absolute Gasteiger partial charge is 0.429 e. The van der Waals surface area contributed by atoms with Crippen LogP contribution in [0.25, 0.3) is 0 Å². The Morgan fingerprint density at radius 1 is 0.871 bits per heavy atom. The van der Waals surface area contributed by atoms with Gasteiger partial charge in [-0.1, -0.05) is 36.8 Å². The summed E-state index contributed by atoms with van der Waals surface area (Å²) >= 11 is 0. The van der Waals surface area contributed by atoms with Crippen molar-refractivity contribution in [1.82, 2.24) is 10.4 Å². The number of hydrogen-bond acceptors (Lipinski definition) is 6. The maximum Gasteiger partial charge on any atom is 0.429 e. The van der Waals surface area contributed by atoms with Gasteiger partial charge in [0.05, 0.1) is 0 Å². The molecule has 0 unspecified atom stereocenters. The molecule has 8 nitrogen and oxygen atoms in total. The predicted octanol–water partition coefficient (Wildman–Crippen LogP) is 4.97. The minimum absolute atomic E-state index is 0.229. The van der Waals surface area contributed by atoms with Gasteiger partial charge in [-0.15, -0.1) is 0 Å². The summed E-state index contributed by atoms with van der Waals surface area (Å²) in [4.78, 5) is 36.3. The highest BCUT2D eigenvalue weighted by Gasteiger charge is 2.25. The molecule has 0 heterocycles. The minimum Gasteiger partial charge on any atom is -0.461 e. The first-order chi connectivity index (χ1) is 14.4. The number of ether oxygens (including phenoxy) is 3. The Labute approximate surface area is 185 Å². The number of carbonyl (C=O) groups is 3. The first-order valence-corrected chi connectivity index (χ1v) is 10.6. The van der Waals surface area contributed by atoms with Crippen LogP contribution >= 0.6 is 0 Å². The van der Waals surface area contributed by atoms with E-state index in [9.17, 15) is 14.4 Å². The third kappa shape index (κ3) is 13.2. The van der Waals surface area contributed by atoms with Crippen molar-refractivity contribution >= 4 is 18.2 Å². The number of hydrazine groups is 1. The van der Waals surface area contributed by atoms with E-state index in [2.05, 4.69) is 5.43 Å². The zero-order chi connectivity index (χ0) is 23.5. The van der Waals surface area contributed by atoms with Gasteiger partial charge in [0.1, 0.15) is 17.8 Å². The van der Waals surface area contributed by atoms with Crippen molar-refractivity contribution in [2.24, 2.45) is 0 Å². The topological polar surface area (TPSA) is 94.2 Å². The molecule has 0 spiro atoms. The van der Waals surface area contributed by atoms with Crippen molar-refractivity contribution in [3.05, 3.63) is 35.9 Å². The lowest BCUT2D eigenvalue weighted by atomic mass is 10.2. The molecule has 0 aliphatic rings. The highest BCUT2D eigenvalue weighted by molar-refractivity contribution is 5.74. The van der Waals surface area contributed by atoms with Crippen LogP contribution in [0, 0.1) is 0 Å². The molecule has 0 saturated carbocycles. The summed E-state index contributed by atoms with van der Waals surface area (Å²) in [7, 11) is 0. The van der Waals surface area contributed by atoms with Gasteiger partial charge in [-0.3, -0.25) is 4.79 Å². The van der Waals surface area contributed by atoms with Gasteiger partial charge in [0, 0.05) is 13.0 Å². The maximum atomic E-state index is 12.4. The minimum atomic E-state index is -0.733. The van der Waals surface area contributed by atoms with Crippen LogP contribution in [0.2, 0.25) is 0 Å². The second-order valence-electron chi connectivity index (χ2n) is 9.20. The summed E-state index contributed by atoms with van der Waals surface area (Å²) in [6.07, 6.45) is 0.751. The molecule has 2 amide bonds. The van der Waals surface area contributed by atoms with E-state index in [4.69, 9.17) is 14.2 Å². The van der Waals surface area contributed by atoms with Crippen molar-refractivity contribution in [3.8, 4) is 0 Å². The Morgan fingerprint density at radius 2 is 1.48 bits per heavy atom. The van der Waals surface area contributed by atoms with Crippen LogP contribution in [0.3, 0.4) is 0 Å². The Morgan fingerprint density at radius 3 is 2.06 bits per heavy atom. The molecule has 31 heavy (non-hydrogen) atoms. The summed E-state index contributed by atoms with van der Waals surface area (Å²) in [5, 5.41) is 1.10. The number of carbonyl (C=O) groups excluding carboxylic acids is 3. The van der Waals surface area contributed by atoms with E-state index in [1.165, 1.54) is 0 Å². The van der Waals surface area contributed by atoms with E-state index in [1.54, 1.807) is 41.5 Å². The number of rotatable bonds is 8. The molecular formula is C23H36N2O6. The van der Waals surface area contributed by atoms with Gasteiger partial charge in [-0.05, 0) is 59.9 Å². The molecule has 1 N–H and O–H groups in total. The number of hydrogen-bond donors (Lipinski definition) is 1. The summed E-state index contributed by atoms with van der Waals surface area (Å²) < 4.78 is 15.8. The van der Waals surface area contributed by atoms with Crippen LogP contribution in [0.15, 0.2) is 30.3 Å². The van der Waals surface area contributed by atoms with Gasteiger partial charge in [0.2, 0.25) is 0 Å². The summed E-state index contributed by atoms with van der Waals surface area (Å²) in [5.41, 5.74) is 1.99. The van der Waals surface area contributed by atoms with Crippen molar-refractivity contribution in [2.75, 3.05) is 6.54 Å². The molecule has 0 aromatic heterocycles. The van der Waals surface area contributed by atoms with Crippen LogP contribution in [-0.4, -0.2) is 40.9 Å². The van der Waals surface area contributed by atoms with Crippen LogP contribution in [-0.2, 0) is 25.6 Å². The van der Waals surface area contributed by atoms with Gasteiger partial charge in [-0.2, -0.15) is 0 Å². The van der Waals surface area contributed by atoms with Gasteiger partial charge < -0.3 is 14.2 Å². The van der Waals surface area contributed by atoms with Crippen LogP contribution in [0.4, 0.5) is 9.59 Å². The van der Waals surface area contributed by atoms with Crippen LogP contribution in [0.1, 0.15) is 72.8 Å². The summed E-state index contributed by atoms with van der Waals surface area (Å²) in [6, 6.07) is 9.49. The molecule has 1 aromatic carbocycles. The molecule has 174 valence electrons. The van der Waals surface area contributed by atoms with E-state index < -0.39 is 23.4 Å². The third-order valence-electron chi connectivity index (χ3n) is 3.74. The lowest BCUT2D eigenvalue weighted by Crippen LogP contribution is -2.50. The first kappa shape index (κ1) is 26.3. The van der Waals surface area contributed by atoms with E-state index >= 15 is 0 Å². The van der Waals surface area contributed by atoms with Crippen LogP contribution in [0.5, 0.6) is 0 Å². The molecule has 8 heteroatoms. The number of unbranched alkanes of at least 4 members (excludes halogenated alkanes) is 2. The number of nitrogens with zero attached hydrogens (tertiary/aromatic N) is 1. The number of amides is 2. The Kier molecular flexibility index (Phi) is 10.3. The van der Waals surface area contributed by atoms with E-state index in [0.29, 0.717) is 25.7 Å². The van der Waals surface area contributed by atoms with E-state index in [-0.39, 0.29) is 19.1 Å². The quantitative estimate of drug-likeness (QED) is 0.268. The van der Waals surface area contributed by atoms with Crippen molar-refractivity contribution in [1.29, 1.82) is 0 Å². The van der Waals surface area contributed by atoms with Crippen molar-refractivity contribution < 1.29 is 28.6 Å². The Hall–Kier alpha value is -2.77. The summed E-state index contributed by atoms with van der Waals surface area (Å²) in [5.74, 6) is -0.264. The maximum absolute atomic E-state index is 12.4. The van der Waals surface area contributed by atoms with Crippen LogP contribution < -0.4 is 5.43 Å². The average Bonchev–Trinajstić information content (AvgIpc) is 2.63. The van der Waals surface area contributed by atoms with E-state index in [0.717, 1.165) is 10.6 Å². The summed E-state index contributed by atoms with van der Waals surface area (Å²) in [6.45, 7) is 10.9. The van der Waals surface area contributed by atoms with Gasteiger partial charge >= 0.3 is 18.2 Å². The highest BCUT2D eigenvalue weighted by atomic mass is 16.6. The predicted molar refractivity (Wildman–Crippen MR) is 117 cm³/mol. The molecular weight excluding hydrogens is 400 g/mol. The van der Waals surface area contributed by atoms with E-state index in [1.807, 2.05) is 30.3 Å². The largest absolute Gasteiger partial charge is 0.461 e. The number of esters is 1. The molecule has 1 rings (SSSR count). The molecule has 0 aliphatic heterocycles. The molecule has 0 radical (unpaired) electrons. The molecule has 0 saturated heterocycles. The molecule has 0 bridgehead atoms. The highest BCUT2D eigenvalue weighted by Crippen LogP contribution is 2.12. The van der Waals surface area contributed by atoms with Crippen molar-refractivity contribution in [3.63, 3.8) is 0 Å². The monoisotopic (exact) mass is 436 g/mol. The zero-order valence-corrected chi connectivity index (χ0v) is 19.5. The molecule has 0 aliphatic carbocycles. The lowest BCUT2D eigenvalue weighted by Gasteiger charge is -2.28. The third-order valence-corrected chi connectivity index (χ3v) is 3.74. The normalized spacial score (nSPS) is 11.4. The standard InChI is InChI=1S/C23H36N2O6/c1-22(2,3)30-20(27)24-25(21(28)31-23(4,5)6)16-12-8-11-15-19(26)29-17-18-13-9-7-10-14-18/h7,9-10,13-14H,8,11-12,15-17H2,1-6H3,(H,24,27). The second-order valence-corrected chi connectivity index (χ2v) is 9.20. The second kappa shape index (κ2) is 12.2. The molecule has 0 atom stereocenters. The lowest BCUT2D eigenvalue weighted by molar-refractivity contribution is -0.145. The SMILES string of the molecule is CC(C)(C)OC(=O)NN(CCCCCC(=O)OCc1ccccc1)C(=O)OC(C)(C)C. The first-order valence-electron chi connectivity index (χ1n) is 10.6. The number of benzene rings is 1. The Bertz CT molecular complexity index is 707. The fourth-order valence-electron chi connectivity index (χ4n) is 2.45. The average molecular weight is 437 g/mol. The van der Waals surface area contributed by atoms with Gasteiger partial charge in [-0.25, -0.2) is 20.0 Å². The fraction of sp³-hybridized carbons (Fsp3) is 0.609. The molecule has 0 fully saturated rings. The van der Waals surface area contributed by atoms with Gasteiger partial charge in [0.25, 0.3) is 0 Å². The van der Waals surface area contributed by atoms with Crippen molar-refractivity contribution in [2.45, 2.75) is 85.0 Å². The Balaban J connectivity index is 2.42.